The highest BCUT2D eigenvalue weighted by atomic mass is 35.5. The molecule has 2 unspecified atom stereocenters. The highest BCUT2D eigenvalue weighted by Gasteiger charge is 2.19. The zero-order valence-corrected chi connectivity index (χ0v) is 29.4. The van der Waals surface area contributed by atoms with Gasteiger partial charge in [-0.05, 0) is 108 Å². The lowest BCUT2D eigenvalue weighted by Gasteiger charge is -2.26. The smallest absolute Gasteiger partial charge is 0.220 e. The Hall–Kier alpha value is -2.60. The zero-order chi connectivity index (χ0) is 32.5. The van der Waals surface area contributed by atoms with E-state index >= 15 is 0 Å². The van der Waals surface area contributed by atoms with Crippen LogP contribution in [0.25, 0.3) is 17.0 Å². The summed E-state index contributed by atoms with van der Waals surface area (Å²) in [6.07, 6.45) is 17.4. The number of carbonyl (C=O) groups is 1. The zero-order valence-electron chi connectivity index (χ0n) is 27.8. The number of hydrogen-bond donors (Lipinski definition) is 1. The number of aryl methyl sites for hydroxylation is 1. The molecule has 0 bridgehead atoms. The molecule has 1 aromatic heterocycles. The van der Waals surface area contributed by atoms with Gasteiger partial charge in [0, 0.05) is 39.5 Å². The van der Waals surface area contributed by atoms with Gasteiger partial charge >= 0.3 is 0 Å². The molecule has 242 valence electrons. The van der Waals surface area contributed by atoms with Gasteiger partial charge in [-0.15, -0.1) is 0 Å². The lowest BCUT2D eigenvalue weighted by molar-refractivity contribution is -0.122. The number of nitrogens with one attached hydrogen (secondary N) is 1. The van der Waals surface area contributed by atoms with Crippen molar-refractivity contribution in [1.82, 2.24) is 20.0 Å². The highest BCUT2D eigenvalue weighted by Crippen LogP contribution is 2.28. The molecule has 1 aromatic carbocycles. The van der Waals surface area contributed by atoms with E-state index in [1.165, 1.54) is 5.57 Å². The summed E-state index contributed by atoms with van der Waals surface area (Å²) in [7, 11) is 0. The second kappa shape index (κ2) is 20.4. The molecule has 2 aromatic rings. The summed E-state index contributed by atoms with van der Waals surface area (Å²) in [4.78, 5) is 15.5. The molecule has 1 amide bonds. The van der Waals surface area contributed by atoms with Crippen molar-refractivity contribution >= 4 is 34.8 Å². The number of halogens is 2. The van der Waals surface area contributed by atoms with Crippen LogP contribution in [0.4, 0.5) is 0 Å². The lowest BCUT2D eigenvalue weighted by Crippen LogP contribution is -2.40. The SMILES string of the molecule is C=C/C(C)=C/CC/C=C/C=C(\C)n1nc(-c2cc(Cl)cc(Cl)c2)cc1CCCC(=O)NC(CCCN(CC)CC)C(C)CC. The Morgan fingerprint density at radius 2 is 1.77 bits per heavy atom. The second-order valence-corrected chi connectivity index (χ2v) is 12.5. The summed E-state index contributed by atoms with van der Waals surface area (Å²) in [5.74, 6) is 0.578. The number of unbranched alkanes of at least 4 members (excludes halogenated alkanes) is 1. The summed E-state index contributed by atoms with van der Waals surface area (Å²) in [6, 6.07) is 7.77. The van der Waals surface area contributed by atoms with Crippen LogP contribution in [0.5, 0.6) is 0 Å². The Balaban J connectivity index is 2.13. The van der Waals surface area contributed by atoms with Gasteiger partial charge in [0.15, 0.2) is 0 Å². The van der Waals surface area contributed by atoms with Crippen LogP contribution in [0.2, 0.25) is 10.0 Å². The molecule has 0 aliphatic rings. The number of allylic oxidation sites excluding steroid dienone is 7. The average Bonchev–Trinajstić information content (AvgIpc) is 3.43. The Labute approximate surface area is 277 Å². The molecule has 0 fully saturated rings. The predicted molar refractivity (Wildman–Crippen MR) is 191 cm³/mol. The number of rotatable bonds is 20. The van der Waals surface area contributed by atoms with Crippen molar-refractivity contribution in [2.24, 2.45) is 5.92 Å². The van der Waals surface area contributed by atoms with Crippen LogP contribution in [0, 0.1) is 5.92 Å². The minimum absolute atomic E-state index is 0.127. The van der Waals surface area contributed by atoms with Crippen LogP contribution in [0.15, 0.2) is 66.8 Å². The van der Waals surface area contributed by atoms with Gasteiger partial charge in [0.1, 0.15) is 0 Å². The second-order valence-electron chi connectivity index (χ2n) is 11.6. The van der Waals surface area contributed by atoms with Gasteiger partial charge in [-0.25, -0.2) is 4.68 Å². The molecule has 0 spiro atoms. The molecule has 0 aliphatic carbocycles. The quantitative estimate of drug-likeness (QED) is 0.116. The minimum atomic E-state index is 0.127. The number of hydrogen-bond acceptors (Lipinski definition) is 3. The average molecular weight is 642 g/mol. The van der Waals surface area contributed by atoms with Crippen molar-refractivity contribution < 1.29 is 4.79 Å². The molecule has 2 atom stereocenters. The molecule has 5 nitrogen and oxygen atoms in total. The summed E-state index contributed by atoms with van der Waals surface area (Å²) < 4.78 is 1.98. The normalized spacial score (nSPS) is 13.9. The number of benzene rings is 1. The maximum absolute atomic E-state index is 13.1. The Morgan fingerprint density at radius 3 is 2.41 bits per heavy atom. The van der Waals surface area contributed by atoms with Crippen molar-refractivity contribution in [2.75, 3.05) is 19.6 Å². The first-order chi connectivity index (χ1) is 21.1. The van der Waals surface area contributed by atoms with E-state index in [0.717, 1.165) is 87.2 Å². The van der Waals surface area contributed by atoms with Crippen molar-refractivity contribution in [3.63, 3.8) is 0 Å². The van der Waals surface area contributed by atoms with Crippen molar-refractivity contribution in [3.05, 3.63) is 82.5 Å². The van der Waals surface area contributed by atoms with E-state index in [4.69, 9.17) is 28.3 Å². The van der Waals surface area contributed by atoms with Gasteiger partial charge in [-0.1, -0.05) is 93.8 Å². The largest absolute Gasteiger partial charge is 0.353 e. The van der Waals surface area contributed by atoms with E-state index in [9.17, 15) is 4.79 Å². The fourth-order valence-corrected chi connectivity index (χ4v) is 5.70. The Kier molecular flexibility index (Phi) is 17.5. The summed E-state index contributed by atoms with van der Waals surface area (Å²) in [5.41, 5.74) is 4.92. The molecular formula is C37H54Cl2N4O. The third kappa shape index (κ3) is 13.2. The number of carbonyl (C=O) groups excluding carboxylic acids is 1. The first-order valence-corrected chi connectivity index (χ1v) is 17.1. The molecule has 2 rings (SSSR count). The fraction of sp³-hybridized carbons (Fsp3) is 0.514. The topological polar surface area (TPSA) is 50.2 Å². The van der Waals surface area contributed by atoms with Gasteiger partial charge in [0.05, 0.1) is 5.69 Å². The standard InChI is InChI=1S/C37H54Cl2N4O/c1-8-28(5)18-14-12-13-15-19-30(7)43-34(27-36(41-43)31-24-32(38)26-33(39)25-31)20-16-22-37(44)40-35(29(6)9-2)21-17-23-42(10-3)11-4/h8,13,15,18-19,24-27,29,35H,1,9-12,14,16-17,20-23H2,2-7H3,(H,40,44)/b15-13+,28-18+,30-19+. The van der Waals surface area contributed by atoms with Gasteiger partial charge in [0.25, 0.3) is 0 Å². The van der Waals surface area contributed by atoms with E-state index in [2.05, 4.69) is 88.7 Å². The molecule has 1 N–H and O–H groups in total. The Morgan fingerprint density at radius 1 is 1.07 bits per heavy atom. The summed E-state index contributed by atoms with van der Waals surface area (Å²) in [5, 5.41) is 9.43. The maximum Gasteiger partial charge on any atom is 0.220 e. The molecular weight excluding hydrogens is 587 g/mol. The van der Waals surface area contributed by atoms with Crippen molar-refractivity contribution in [1.29, 1.82) is 0 Å². The summed E-state index contributed by atoms with van der Waals surface area (Å²) >= 11 is 12.6. The third-order valence-electron chi connectivity index (χ3n) is 8.27. The first kappa shape index (κ1) is 37.6. The molecule has 44 heavy (non-hydrogen) atoms. The maximum atomic E-state index is 13.1. The molecule has 0 aliphatic heterocycles. The van der Waals surface area contributed by atoms with Crippen LogP contribution >= 0.6 is 23.2 Å². The summed E-state index contributed by atoms with van der Waals surface area (Å²) in [6.45, 7) is 20.0. The van der Waals surface area contributed by atoms with Crippen LogP contribution in [0.3, 0.4) is 0 Å². The molecule has 7 heteroatoms. The van der Waals surface area contributed by atoms with E-state index in [1.54, 1.807) is 6.07 Å². The van der Waals surface area contributed by atoms with E-state index < -0.39 is 0 Å². The lowest BCUT2D eigenvalue weighted by atomic mass is 9.94. The van der Waals surface area contributed by atoms with Crippen molar-refractivity contribution in [3.8, 4) is 11.3 Å². The molecule has 0 saturated heterocycles. The molecule has 1 heterocycles. The molecule has 0 radical (unpaired) electrons. The van der Waals surface area contributed by atoms with Crippen LogP contribution in [0.1, 0.15) is 92.2 Å². The predicted octanol–water partition coefficient (Wildman–Crippen LogP) is 10.2. The van der Waals surface area contributed by atoms with Crippen LogP contribution in [-0.2, 0) is 11.2 Å². The van der Waals surface area contributed by atoms with Gasteiger partial charge < -0.3 is 10.2 Å². The van der Waals surface area contributed by atoms with Crippen LogP contribution < -0.4 is 5.32 Å². The van der Waals surface area contributed by atoms with Gasteiger partial charge in [-0.2, -0.15) is 5.10 Å². The minimum Gasteiger partial charge on any atom is -0.353 e. The number of aromatic nitrogens is 2. The number of amides is 1. The van der Waals surface area contributed by atoms with E-state index in [-0.39, 0.29) is 11.9 Å². The fourth-order valence-electron chi connectivity index (χ4n) is 5.18. The highest BCUT2D eigenvalue weighted by molar-refractivity contribution is 6.35. The Bertz CT molecular complexity index is 1250. The van der Waals surface area contributed by atoms with Crippen LogP contribution in [-0.4, -0.2) is 46.3 Å². The van der Waals surface area contributed by atoms with Gasteiger partial charge in [-0.3, -0.25) is 4.79 Å². The monoisotopic (exact) mass is 640 g/mol. The van der Waals surface area contributed by atoms with Crippen molar-refractivity contribution in [2.45, 2.75) is 99.0 Å². The first-order valence-electron chi connectivity index (χ1n) is 16.3. The van der Waals surface area contributed by atoms with E-state index in [1.807, 2.05) is 22.9 Å². The molecule has 0 saturated carbocycles. The third-order valence-corrected chi connectivity index (χ3v) is 8.70. The van der Waals surface area contributed by atoms with Gasteiger partial charge in [0.2, 0.25) is 5.91 Å². The number of nitrogens with zero attached hydrogens (tertiary/aromatic N) is 3. The van der Waals surface area contributed by atoms with E-state index in [0.29, 0.717) is 22.4 Å².